The van der Waals surface area contributed by atoms with E-state index in [1.54, 1.807) is 24.3 Å². The monoisotopic (exact) mass is 325 g/mol. The number of nitrogens with one attached hydrogen (secondary N) is 3. The molecule has 0 aliphatic rings. The third-order valence-electron chi connectivity index (χ3n) is 2.73. The molecule has 0 saturated heterocycles. The lowest BCUT2D eigenvalue weighted by Gasteiger charge is -2.10. The zero-order valence-corrected chi connectivity index (χ0v) is 13.1. The van der Waals surface area contributed by atoms with Gasteiger partial charge >= 0.3 is 0 Å². The minimum absolute atomic E-state index is 0.0165. The summed E-state index contributed by atoms with van der Waals surface area (Å²) in [5.74, 6) is -0.844. The molecule has 0 unspecified atom stereocenters. The highest BCUT2D eigenvalue weighted by Gasteiger charge is 2.12. The summed E-state index contributed by atoms with van der Waals surface area (Å²) in [6.45, 7) is 5.11. The van der Waals surface area contributed by atoms with Crippen LogP contribution in [0.3, 0.4) is 0 Å². The molecular weight excluding hydrogens is 306 g/mol. The molecule has 120 valence electrons. The van der Waals surface area contributed by atoms with Gasteiger partial charge in [0.05, 0.1) is 17.0 Å². The van der Waals surface area contributed by atoms with Gasteiger partial charge in [0.25, 0.3) is 5.91 Å². The van der Waals surface area contributed by atoms with Crippen molar-refractivity contribution in [3.63, 3.8) is 0 Å². The Labute approximate surface area is 129 Å². The Balaban J connectivity index is 2.62. The average Bonchev–Trinajstić information content (AvgIpc) is 2.51. The van der Waals surface area contributed by atoms with Crippen molar-refractivity contribution >= 4 is 27.5 Å². The molecule has 8 heteroatoms. The van der Waals surface area contributed by atoms with Crippen molar-refractivity contribution in [2.75, 3.05) is 24.2 Å². The molecule has 0 aliphatic carbocycles. The number of anilines is 1. The summed E-state index contributed by atoms with van der Waals surface area (Å²) in [5.41, 5.74) is 0.648. The van der Waals surface area contributed by atoms with E-state index in [-0.39, 0.29) is 24.4 Å². The summed E-state index contributed by atoms with van der Waals surface area (Å²) in [5, 5.41) is 5.12. The van der Waals surface area contributed by atoms with Crippen LogP contribution in [0.15, 0.2) is 36.9 Å². The van der Waals surface area contributed by atoms with Gasteiger partial charge in [-0.1, -0.05) is 18.7 Å². The van der Waals surface area contributed by atoms with Gasteiger partial charge in [-0.25, -0.2) is 13.1 Å². The molecule has 0 radical (unpaired) electrons. The van der Waals surface area contributed by atoms with Crippen LogP contribution in [-0.4, -0.2) is 39.1 Å². The molecule has 0 aliphatic heterocycles. The lowest BCUT2D eigenvalue weighted by atomic mass is 10.1. The minimum atomic E-state index is -3.28. The van der Waals surface area contributed by atoms with Crippen LogP contribution in [0.5, 0.6) is 0 Å². The van der Waals surface area contributed by atoms with Gasteiger partial charge in [0.15, 0.2) is 0 Å². The molecule has 0 fully saturated rings. The van der Waals surface area contributed by atoms with Gasteiger partial charge in [0.1, 0.15) is 0 Å². The van der Waals surface area contributed by atoms with Gasteiger partial charge < -0.3 is 10.6 Å². The Bertz CT molecular complexity index is 656. The molecule has 0 bridgehead atoms. The van der Waals surface area contributed by atoms with E-state index >= 15 is 0 Å². The second kappa shape index (κ2) is 8.30. The quantitative estimate of drug-likeness (QED) is 0.477. The fourth-order valence-electron chi connectivity index (χ4n) is 1.55. The lowest BCUT2D eigenvalue weighted by Crippen LogP contribution is -2.35. The van der Waals surface area contributed by atoms with Gasteiger partial charge in [-0.15, -0.1) is 0 Å². The summed E-state index contributed by atoms with van der Waals surface area (Å²) in [4.78, 5) is 23.4. The predicted molar refractivity (Wildman–Crippen MR) is 85.1 cm³/mol. The van der Waals surface area contributed by atoms with Crippen molar-refractivity contribution in [1.29, 1.82) is 0 Å². The highest BCUT2D eigenvalue weighted by molar-refractivity contribution is 7.89. The number of hydrogen-bond acceptors (Lipinski definition) is 4. The normalized spacial score (nSPS) is 10.8. The number of hydrogen-bond donors (Lipinski definition) is 3. The number of sulfonamides is 1. The molecule has 0 saturated carbocycles. The number of amides is 2. The molecule has 22 heavy (non-hydrogen) atoms. The summed E-state index contributed by atoms with van der Waals surface area (Å²) in [6.07, 6.45) is 1.11. The minimum Gasteiger partial charge on any atom is -0.351 e. The van der Waals surface area contributed by atoms with Crippen LogP contribution in [-0.2, 0) is 14.8 Å². The van der Waals surface area contributed by atoms with Crippen molar-refractivity contribution in [2.24, 2.45) is 0 Å². The second-order valence-electron chi connectivity index (χ2n) is 4.29. The molecule has 0 heterocycles. The van der Waals surface area contributed by atoms with Crippen molar-refractivity contribution in [1.82, 2.24) is 10.0 Å². The Kier molecular flexibility index (Phi) is 6.74. The van der Waals surface area contributed by atoms with Crippen LogP contribution in [0.4, 0.5) is 5.69 Å². The zero-order valence-electron chi connectivity index (χ0n) is 12.3. The lowest BCUT2D eigenvalue weighted by molar-refractivity contribution is -0.111. The largest absolute Gasteiger partial charge is 0.351 e. The number of carbonyl (C=O) groups excluding carboxylic acids is 2. The number of rotatable bonds is 8. The van der Waals surface area contributed by atoms with Crippen LogP contribution in [0.1, 0.15) is 17.3 Å². The van der Waals surface area contributed by atoms with Crippen LogP contribution in [0.2, 0.25) is 0 Å². The van der Waals surface area contributed by atoms with Crippen molar-refractivity contribution in [3.05, 3.63) is 42.5 Å². The molecule has 1 aromatic carbocycles. The van der Waals surface area contributed by atoms with E-state index < -0.39 is 21.8 Å². The molecule has 1 rings (SSSR count). The van der Waals surface area contributed by atoms with Crippen LogP contribution >= 0.6 is 0 Å². The molecule has 2 amide bonds. The van der Waals surface area contributed by atoms with E-state index in [0.29, 0.717) is 5.69 Å². The third kappa shape index (κ3) is 5.66. The Morgan fingerprint density at radius 2 is 1.91 bits per heavy atom. The Hall–Kier alpha value is -2.19. The smallest absolute Gasteiger partial charge is 0.253 e. The first-order chi connectivity index (χ1) is 10.4. The van der Waals surface area contributed by atoms with Crippen LogP contribution < -0.4 is 15.4 Å². The highest BCUT2D eigenvalue weighted by atomic mass is 32.2. The van der Waals surface area contributed by atoms with E-state index in [1.165, 1.54) is 6.92 Å². The Morgan fingerprint density at radius 1 is 1.23 bits per heavy atom. The van der Waals surface area contributed by atoms with E-state index in [9.17, 15) is 18.0 Å². The fraction of sp³-hybridized carbons (Fsp3) is 0.286. The zero-order chi connectivity index (χ0) is 16.6. The predicted octanol–water partition coefficient (Wildman–Crippen LogP) is 0.480. The van der Waals surface area contributed by atoms with E-state index in [4.69, 9.17) is 0 Å². The standard InChI is InChI=1S/C14H19N3O4S/c1-3-13(18)17-12-8-6-5-7-11(12)14(19)15-9-10-16-22(20,21)4-2/h3,5-8,16H,1,4,9-10H2,2H3,(H,15,19)(H,17,18). The van der Waals surface area contributed by atoms with Crippen molar-refractivity contribution in [2.45, 2.75) is 6.92 Å². The summed E-state index contributed by atoms with van der Waals surface area (Å²) < 4.78 is 24.8. The first-order valence-corrected chi connectivity index (χ1v) is 8.33. The van der Waals surface area contributed by atoms with Gasteiger partial charge in [-0.05, 0) is 25.1 Å². The van der Waals surface area contributed by atoms with Gasteiger partial charge in [0.2, 0.25) is 15.9 Å². The van der Waals surface area contributed by atoms with E-state index in [0.717, 1.165) is 6.08 Å². The van der Waals surface area contributed by atoms with Crippen LogP contribution in [0, 0.1) is 0 Å². The molecule has 0 spiro atoms. The van der Waals surface area contributed by atoms with Gasteiger partial charge in [-0.3, -0.25) is 9.59 Å². The Morgan fingerprint density at radius 3 is 2.55 bits per heavy atom. The maximum absolute atomic E-state index is 12.1. The van der Waals surface area contributed by atoms with Gasteiger partial charge in [-0.2, -0.15) is 0 Å². The number of carbonyl (C=O) groups is 2. The second-order valence-corrected chi connectivity index (χ2v) is 6.39. The number of benzene rings is 1. The third-order valence-corrected chi connectivity index (χ3v) is 4.13. The molecule has 3 N–H and O–H groups in total. The van der Waals surface area contributed by atoms with Crippen LogP contribution in [0.25, 0.3) is 0 Å². The topological polar surface area (TPSA) is 104 Å². The molecule has 7 nitrogen and oxygen atoms in total. The average molecular weight is 325 g/mol. The van der Waals surface area contributed by atoms with Crippen molar-refractivity contribution in [3.8, 4) is 0 Å². The van der Waals surface area contributed by atoms with Crippen molar-refractivity contribution < 1.29 is 18.0 Å². The molecular formula is C14H19N3O4S. The fourth-order valence-corrected chi connectivity index (χ4v) is 2.17. The summed E-state index contributed by atoms with van der Waals surface area (Å²) in [6, 6.07) is 6.50. The molecule has 0 atom stereocenters. The SMILES string of the molecule is C=CC(=O)Nc1ccccc1C(=O)NCCNS(=O)(=O)CC. The maximum Gasteiger partial charge on any atom is 0.253 e. The maximum atomic E-state index is 12.1. The van der Waals surface area contributed by atoms with E-state index in [1.807, 2.05) is 0 Å². The first kappa shape index (κ1) is 17.9. The molecule has 0 aromatic heterocycles. The molecule has 1 aromatic rings. The van der Waals surface area contributed by atoms with Gasteiger partial charge in [0, 0.05) is 13.1 Å². The summed E-state index contributed by atoms with van der Waals surface area (Å²) in [7, 11) is -3.28. The summed E-state index contributed by atoms with van der Waals surface area (Å²) >= 11 is 0. The van der Waals surface area contributed by atoms with E-state index in [2.05, 4.69) is 21.9 Å². The first-order valence-electron chi connectivity index (χ1n) is 6.67. The number of para-hydroxylation sites is 1. The highest BCUT2D eigenvalue weighted by Crippen LogP contribution is 2.14.